The minimum atomic E-state index is 0.308. The van der Waals surface area contributed by atoms with Gasteiger partial charge in [-0.05, 0) is 49.7 Å². The maximum atomic E-state index is 10.3. The van der Waals surface area contributed by atoms with E-state index < -0.39 is 0 Å². The second-order valence-corrected chi connectivity index (χ2v) is 5.33. The van der Waals surface area contributed by atoms with Crippen LogP contribution in [0.3, 0.4) is 0 Å². The van der Waals surface area contributed by atoms with E-state index in [0.29, 0.717) is 35.0 Å². The number of likely N-dealkylation sites (N-methyl/N-ethyl adjacent to an activating group) is 1. The third-order valence-corrected chi connectivity index (χ3v) is 3.27. The highest BCUT2D eigenvalue weighted by atomic mass is 16.5. The van der Waals surface area contributed by atoms with Gasteiger partial charge in [0.1, 0.15) is 17.8 Å². The number of hydrogen-bond donors (Lipinski definition) is 4. The molecule has 0 radical (unpaired) electrons. The van der Waals surface area contributed by atoms with Crippen LogP contribution in [0.25, 0.3) is 0 Å². The average molecular weight is 376 g/mol. The second kappa shape index (κ2) is 16.6. The Morgan fingerprint density at radius 2 is 2.00 bits per heavy atom. The van der Waals surface area contributed by atoms with Crippen molar-refractivity contribution < 1.29 is 14.6 Å². The molecule has 1 aromatic rings. The Kier molecular flexibility index (Phi) is 16.2. The summed E-state index contributed by atoms with van der Waals surface area (Å²) in [6, 6.07) is 4.88. The Morgan fingerprint density at radius 1 is 1.37 bits per heavy atom. The van der Waals surface area contributed by atoms with Gasteiger partial charge >= 0.3 is 0 Å². The predicted octanol–water partition coefficient (Wildman–Crippen LogP) is 4.31. The molecule has 0 saturated carbocycles. The number of aliphatic hydroxyl groups excluding tert-OH is 1. The molecule has 150 valence electrons. The molecule has 0 aromatic heterocycles. The zero-order chi connectivity index (χ0) is 21.2. The number of carbonyl (C=O) groups is 1. The first kappa shape index (κ1) is 26.4. The molecular formula is C21H33N3O3. The van der Waals surface area contributed by atoms with Crippen molar-refractivity contribution in [3.05, 3.63) is 60.4 Å². The zero-order valence-electron chi connectivity index (χ0n) is 16.8. The van der Waals surface area contributed by atoms with Gasteiger partial charge in [-0.3, -0.25) is 4.79 Å². The second-order valence-electron chi connectivity index (χ2n) is 5.33. The molecule has 0 aliphatic heterocycles. The number of carbonyl (C=O) groups excluding carboxylic acids is 1. The number of benzene rings is 1. The SMILES string of the molecule is C=C(CC)C(=N)CC.C=C/C=C(\O)CNC.COc1cc(C=O)ccc1N. The Balaban J connectivity index is 0. The first-order valence-corrected chi connectivity index (χ1v) is 8.60. The number of nitrogen functional groups attached to an aromatic ring is 1. The summed E-state index contributed by atoms with van der Waals surface area (Å²) in [5.74, 6) is 0.845. The molecule has 27 heavy (non-hydrogen) atoms. The first-order chi connectivity index (χ1) is 12.8. The molecule has 0 bridgehead atoms. The summed E-state index contributed by atoms with van der Waals surface area (Å²) in [6.07, 6.45) is 5.57. The van der Waals surface area contributed by atoms with E-state index in [0.717, 1.165) is 24.7 Å². The van der Waals surface area contributed by atoms with Gasteiger partial charge in [-0.1, -0.05) is 33.1 Å². The highest BCUT2D eigenvalue weighted by Crippen LogP contribution is 2.20. The number of methoxy groups -OCH3 is 1. The third-order valence-electron chi connectivity index (χ3n) is 3.27. The van der Waals surface area contributed by atoms with Gasteiger partial charge in [0.2, 0.25) is 0 Å². The van der Waals surface area contributed by atoms with Crippen LogP contribution in [-0.4, -0.2) is 37.8 Å². The van der Waals surface area contributed by atoms with Crippen LogP contribution in [0.5, 0.6) is 5.75 Å². The Labute approximate surface area is 162 Å². The lowest BCUT2D eigenvalue weighted by molar-refractivity contribution is 0.112. The third kappa shape index (κ3) is 13.1. The van der Waals surface area contributed by atoms with Crippen molar-refractivity contribution >= 4 is 17.7 Å². The molecule has 0 aliphatic carbocycles. The largest absolute Gasteiger partial charge is 0.511 e. The van der Waals surface area contributed by atoms with Gasteiger partial charge in [-0.15, -0.1) is 0 Å². The lowest BCUT2D eigenvalue weighted by atomic mass is 10.1. The molecule has 0 atom stereocenters. The summed E-state index contributed by atoms with van der Waals surface area (Å²) >= 11 is 0. The molecular weight excluding hydrogens is 342 g/mol. The van der Waals surface area contributed by atoms with Crippen LogP contribution in [-0.2, 0) is 0 Å². The van der Waals surface area contributed by atoms with Crippen LogP contribution in [0.15, 0.2) is 54.8 Å². The summed E-state index contributed by atoms with van der Waals surface area (Å²) < 4.78 is 4.90. The van der Waals surface area contributed by atoms with Crippen LogP contribution in [0.4, 0.5) is 5.69 Å². The molecule has 1 rings (SSSR count). The predicted molar refractivity (Wildman–Crippen MR) is 115 cm³/mol. The molecule has 0 amide bonds. The summed E-state index contributed by atoms with van der Waals surface area (Å²) in [5, 5.41) is 18.8. The first-order valence-electron chi connectivity index (χ1n) is 8.60. The summed E-state index contributed by atoms with van der Waals surface area (Å²) in [5.41, 5.74) is 8.27. The maximum absolute atomic E-state index is 10.3. The van der Waals surface area contributed by atoms with Crippen LogP contribution >= 0.6 is 0 Å². The van der Waals surface area contributed by atoms with Crippen molar-refractivity contribution in [1.82, 2.24) is 5.32 Å². The van der Waals surface area contributed by atoms with E-state index in [2.05, 4.69) is 18.5 Å². The molecule has 0 saturated heterocycles. The molecule has 0 spiro atoms. The van der Waals surface area contributed by atoms with E-state index in [9.17, 15) is 4.79 Å². The Morgan fingerprint density at radius 3 is 2.37 bits per heavy atom. The normalized spacial score (nSPS) is 9.70. The molecule has 0 heterocycles. The van der Waals surface area contributed by atoms with E-state index >= 15 is 0 Å². The van der Waals surface area contributed by atoms with E-state index in [1.54, 1.807) is 37.4 Å². The lowest BCUT2D eigenvalue weighted by Gasteiger charge is -2.02. The average Bonchev–Trinajstić information content (AvgIpc) is 2.68. The van der Waals surface area contributed by atoms with Gasteiger partial charge in [-0.2, -0.15) is 0 Å². The zero-order valence-corrected chi connectivity index (χ0v) is 16.8. The molecule has 1 aromatic carbocycles. The lowest BCUT2D eigenvalue weighted by Crippen LogP contribution is -2.09. The summed E-state index contributed by atoms with van der Waals surface area (Å²) in [6.45, 7) is 11.6. The van der Waals surface area contributed by atoms with Crippen molar-refractivity contribution in [2.75, 3.05) is 26.4 Å². The van der Waals surface area contributed by atoms with Crippen LogP contribution in [0.2, 0.25) is 0 Å². The highest BCUT2D eigenvalue weighted by Gasteiger charge is 1.98. The molecule has 5 N–H and O–H groups in total. The number of anilines is 1. The fraction of sp³-hybridized carbons (Fsp3) is 0.333. The van der Waals surface area contributed by atoms with Crippen molar-refractivity contribution in [2.45, 2.75) is 26.7 Å². The van der Waals surface area contributed by atoms with Gasteiger partial charge in [-0.25, -0.2) is 0 Å². The molecule has 6 heteroatoms. The standard InChI is InChI=1S/C8H9NO2.C7H13N.C6H11NO/c1-11-8-4-6(5-10)2-3-7(8)9;1-4-6(3)7(8)5-2;1-3-4-6(8)5-7-2/h2-5H,9H2,1H3;8H,3-5H2,1-2H3;3-4,7-8H,1,5H2,2H3/b;;6-4-. The fourth-order valence-electron chi connectivity index (χ4n) is 1.64. The van der Waals surface area contributed by atoms with E-state index in [4.69, 9.17) is 21.0 Å². The number of nitrogens with one attached hydrogen (secondary N) is 2. The van der Waals surface area contributed by atoms with Crippen molar-refractivity contribution in [1.29, 1.82) is 5.41 Å². The van der Waals surface area contributed by atoms with Gasteiger partial charge in [0.15, 0.2) is 0 Å². The van der Waals surface area contributed by atoms with Crippen LogP contribution in [0, 0.1) is 5.41 Å². The van der Waals surface area contributed by atoms with Gasteiger partial charge in [0, 0.05) is 11.3 Å². The number of allylic oxidation sites excluding steroid dienone is 3. The molecule has 0 aliphatic rings. The van der Waals surface area contributed by atoms with Crippen LogP contribution < -0.4 is 15.8 Å². The Hall–Kier alpha value is -2.86. The minimum absolute atomic E-state index is 0.308. The van der Waals surface area contributed by atoms with E-state index in [1.807, 2.05) is 13.8 Å². The highest BCUT2D eigenvalue weighted by molar-refractivity contribution is 5.96. The maximum Gasteiger partial charge on any atom is 0.150 e. The van der Waals surface area contributed by atoms with Crippen molar-refractivity contribution in [3.8, 4) is 5.75 Å². The van der Waals surface area contributed by atoms with E-state index in [-0.39, 0.29) is 0 Å². The van der Waals surface area contributed by atoms with Crippen molar-refractivity contribution in [3.63, 3.8) is 0 Å². The smallest absolute Gasteiger partial charge is 0.150 e. The quantitative estimate of drug-likeness (QED) is 0.178. The number of rotatable bonds is 8. The number of hydrogen-bond acceptors (Lipinski definition) is 6. The number of aliphatic hydroxyl groups is 1. The molecule has 0 unspecified atom stereocenters. The summed E-state index contributed by atoms with van der Waals surface area (Å²) in [4.78, 5) is 10.3. The van der Waals surface area contributed by atoms with Gasteiger partial charge in [0.05, 0.1) is 19.3 Å². The fourth-order valence-corrected chi connectivity index (χ4v) is 1.64. The monoisotopic (exact) mass is 375 g/mol. The van der Waals surface area contributed by atoms with Gasteiger partial charge in [0.25, 0.3) is 0 Å². The van der Waals surface area contributed by atoms with Gasteiger partial charge < -0.3 is 26.3 Å². The van der Waals surface area contributed by atoms with Crippen LogP contribution in [0.1, 0.15) is 37.0 Å². The van der Waals surface area contributed by atoms with E-state index in [1.165, 1.54) is 7.11 Å². The molecule has 0 fully saturated rings. The van der Waals surface area contributed by atoms with Crippen molar-refractivity contribution in [2.24, 2.45) is 0 Å². The number of ether oxygens (including phenoxy) is 1. The summed E-state index contributed by atoms with van der Waals surface area (Å²) in [7, 11) is 3.29. The Bertz CT molecular complexity index is 624. The number of aldehydes is 1. The topological polar surface area (TPSA) is 108 Å². The molecule has 6 nitrogen and oxygen atoms in total. The number of nitrogens with two attached hydrogens (primary N) is 1. The minimum Gasteiger partial charge on any atom is -0.511 e.